The molecule has 2 bridgehead atoms. The lowest BCUT2D eigenvalue weighted by molar-refractivity contribution is -0.188. The standard InChI is InChI=1S/C34H31F6N7O3/c1-4-22-24(36)8-5-16-9-18(41)11-23(25(16)22)28-27(37)29-26(31(42-28)49-3)30(44-33(43-29)50-15-21-10-17(35)12-45(21)2)46-13-19-6-7-20(14-46)47(19)32(48)34(38,39)40/h1,5,8-9,11,17,19-21H,6-7,10,12-15,41H2,2-3H3/t17-,19?,20?,21+/m1/s1. The number of likely N-dealkylation sites (tertiary alicyclic amines) is 1. The molecular formula is C34H31F6N7O3. The largest absolute Gasteiger partial charge is 0.480 e. The van der Waals surface area contributed by atoms with Crippen LogP contribution in [0, 0.1) is 24.0 Å². The summed E-state index contributed by atoms with van der Waals surface area (Å²) in [5.41, 5.74) is 5.67. The van der Waals surface area contributed by atoms with Crippen LogP contribution in [0.4, 0.5) is 37.8 Å². The lowest BCUT2D eigenvalue weighted by Gasteiger charge is -2.42. The van der Waals surface area contributed by atoms with Gasteiger partial charge in [0.2, 0.25) is 5.88 Å². The number of rotatable bonds is 6. The van der Waals surface area contributed by atoms with Crippen molar-refractivity contribution in [3.8, 4) is 35.5 Å². The van der Waals surface area contributed by atoms with Crippen molar-refractivity contribution in [1.82, 2.24) is 24.8 Å². The fourth-order valence-corrected chi connectivity index (χ4v) is 7.45. The number of amides is 1. The number of anilines is 2. The van der Waals surface area contributed by atoms with Crippen LogP contribution < -0.4 is 20.1 Å². The van der Waals surface area contributed by atoms with E-state index in [4.69, 9.17) is 21.6 Å². The van der Waals surface area contributed by atoms with Gasteiger partial charge in [-0.1, -0.05) is 12.0 Å². The number of piperazine rings is 1. The first kappa shape index (κ1) is 33.5. The molecule has 2 unspecified atom stereocenters. The van der Waals surface area contributed by atoms with Gasteiger partial charge in [0.25, 0.3) is 0 Å². The molecule has 4 aromatic rings. The molecule has 5 heterocycles. The summed E-state index contributed by atoms with van der Waals surface area (Å²) >= 11 is 0. The fourth-order valence-electron chi connectivity index (χ4n) is 7.45. The summed E-state index contributed by atoms with van der Waals surface area (Å²) in [5.74, 6) is -1.38. The quantitative estimate of drug-likeness (QED) is 0.172. The van der Waals surface area contributed by atoms with E-state index in [1.165, 1.54) is 25.3 Å². The van der Waals surface area contributed by atoms with Gasteiger partial charge in [0, 0.05) is 42.3 Å². The number of nitrogens with zero attached hydrogens (tertiary/aromatic N) is 6. The van der Waals surface area contributed by atoms with Crippen molar-refractivity contribution in [3.63, 3.8) is 0 Å². The normalized spacial score (nSPS) is 22.4. The van der Waals surface area contributed by atoms with Gasteiger partial charge in [-0.25, -0.2) is 18.2 Å². The van der Waals surface area contributed by atoms with Gasteiger partial charge in [-0.3, -0.25) is 9.69 Å². The van der Waals surface area contributed by atoms with Crippen molar-refractivity contribution in [2.24, 2.45) is 0 Å². The second-order valence-electron chi connectivity index (χ2n) is 12.8. The molecule has 2 aromatic heterocycles. The second-order valence-corrected chi connectivity index (χ2v) is 12.8. The molecular weight excluding hydrogens is 668 g/mol. The van der Waals surface area contributed by atoms with E-state index in [1.807, 2.05) is 0 Å². The van der Waals surface area contributed by atoms with E-state index in [0.29, 0.717) is 18.2 Å². The number of carbonyl (C=O) groups is 1. The number of nitrogen functional groups attached to an aromatic ring is 1. The maximum absolute atomic E-state index is 17.0. The molecule has 10 nitrogen and oxygen atoms in total. The van der Waals surface area contributed by atoms with Gasteiger partial charge in [0.15, 0.2) is 5.82 Å². The summed E-state index contributed by atoms with van der Waals surface area (Å²) < 4.78 is 98.1. The van der Waals surface area contributed by atoms with E-state index < -0.39 is 42.0 Å². The van der Waals surface area contributed by atoms with E-state index in [2.05, 4.69) is 20.9 Å². The topological polar surface area (TPSA) is 110 Å². The van der Waals surface area contributed by atoms with Crippen LogP contribution in [0.25, 0.3) is 32.9 Å². The summed E-state index contributed by atoms with van der Waals surface area (Å²) in [5, 5.41) is 0.595. The number of aromatic nitrogens is 3. The zero-order valence-corrected chi connectivity index (χ0v) is 26.9. The van der Waals surface area contributed by atoms with Crippen LogP contribution in [0.15, 0.2) is 24.3 Å². The summed E-state index contributed by atoms with van der Waals surface area (Å²) in [6.45, 7) is 0.0467. The van der Waals surface area contributed by atoms with Gasteiger partial charge in [-0.2, -0.15) is 23.1 Å². The average Bonchev–Trinajstić information content (AvgIpc) is 3.54. The molecule has 3 aliphatic rings. The maximum atomic E-state index is 17.0. The Bertz CT molecular complexity index is 2060. The van der Waals surface area contributed by atoms with E-state index in [9.17, 15) is 26.7 Å². The maximum Gasteiger partial charge on any atom is 0.471 e. The van der Waals surface area contributed by atoms with Gasteiger partial charge in [0.1, 0.15) is 41.0 Å². The number of methoxy groups -OCH3 is 1. The first-order chi connectivity index (χ1) is 23.8. The average molecular weight is 700 g/mol. The highest BCUT2D eigenvalue weighted by molar-refractivity contribution is 6.04. The van der Waals surface area contributed by atoms with Crippen LogP contribution in [-0.4, -0.2) is 102 Å². The van der Waals surface area contributed by atoms with E-state index in [0.717, 1.165) is 4.90 Å². The Balaban J connectivity index is 1.40. The number of nitrogens with two attached hydrogens (primary N) is 1. The zero-order valence-electron chi connectivity index (χ0n) is 26.9. The highest BCUT2D eigenvalue weighted by atomic mass is 19.4. The molecule has 4 atom stereocenters. The van der Waals surface area contributed by atoms with Crippen LogP contribution >= 0.6 is 0 Å². The number of pyridine rings is 1. The summed E-state index contributed by atoms with van der Waals surface area (Å²) in [4.78, 5) is 30.1. The molecule has 0 saturated carbocycles. The van der Waals surface area contributed by atoms with Gasteiger partial charge in [-0.05, 0) is 49.9 Å². The van der Waals surface area contributed by atoms with Gasteiger partial charge in [-0.15, -0.1) is 6.42 Å². The summed E-state index contributed by atoms with van der Waals surface area (Å²) in [7, 11) is 3.03. The van der Waals surface area contributed by atoms with Crippen LogP contribution in [0.5, 0.6) is 11.9 Å². The van der Waals surface area contributed by atoms with Crippen molar-refractivity contribution in [2.75, 3.05) is 51.0 Å². The number of fused-ring (bicyclic) bond motifs is 4. The molecule has 2 aromatic carbocycles. The number of hydrogen-bond acceptors (Lipinski definition) is 9. The minimum Gasteiger partial charge on any atom is -0.480 e. The molecule has 7 rings (SSSR count). The van der Waals surface area contributed by atoms with E-state index in [1.54, 1.807) is 22.9 Å². The SMILES string of the molecule is C#Cc1c(F)ccc2cc(N)cc(-c3nc(OC)c4c(N5CC6CCC(C5)N6C(=O)C(F)(F)F)nc(OC[C@@H]5C[C@@H](F)CN5C)nc4c3F)c12. The van der Waals surface area contributed by atoms with Crippen LogP contribution in [-0.2, 0) is 4.79 Å². The lowest BCUT2D eigenvalue weighted by Crippen LogP contribution is -2.59. The molecule has 16 heteroatoms. The molecule has 3 fully saturated rings. The highest BCUT2D eigenvalue weighted by Gasteiger charge is 2.52. The molecule has 0 aliphatic carbocycles. The Morgan fingerprint density at radius 1 is 1.08 bits per heavy atom. The Morgan fingerprint density at radius 2 is 1.80 bits per heavy atom. The van der Waals surface area contributed by atoms with Crippen molar-refractivity contribution >= 4 is 39.1 Å². The summed E-state index contributed by atoms with van der Waals surface area (Å²) in [6, 6.07) is 3.37. The number of likely N-dealkylation sites (N-methyl/N-ethyl adjacent to an activating group) is 1. The minimum atomic E-state index is -5.04. The van der Waals surface area contributed by atoms with Crippen LogP contribution in [0.3, 0.4) is 0 Å². The Morgan fingerprint density at radius 3 is 2.42 bits per heavy atom. The fraction of sp³-hybridized carbons (Fsp3) is 0.412. The number of hydrogen-bond donors (Lipinski definition) is 1. The molecule has 50 heavy (non-hydrogen) atoms. The van der Waals surface area contributed by atoms with Crippen LogP contribution in [0.1, 0.15) is 24.8 Å². The molecule has 1 amide bonds. The zero-order chi connectivity index (χ0) is 35.6. The van der Waals surface area contributed by atoms with Crippen molar-refractivity contribution in [2.45, 2.75) is 49.7 Å². The Labute approximate surface area is 282 Å². The predicted octanol–water partition coefficient (Wildman–Crippen LogP) is 4.86. The van der Waals surface area contributed by atoms with Crippen LogP contribution in [0.2, 0.25) is 0 Å². The number of ether oxygens (including phenoxy) is 2. The highest BCUT2D eigenvalue weighted by Crippen LogP contribution is 2.43. The third-order valence-electron chi connectivity index (χ3n) is 9.70. The number of benzene rings is 2. The van der Waals surface area contributed by atoms with Crippen molar-refractivity contribution < 1.29 is 40.6 Å². The van der Waals surface area contributed by atoms with Crippen molar-refractivity contribution in [1.29, 1.82) is 0 Å². The Hall–Kier alpha value is -5.04. The van der Waals surface area contributed by atoms with Gasteiger partial charge >= 0.3 is 18.1 Å². The van der Waals surface area contributed by atoms with E-state index in [-0.39, 0.29) is 95.2 Å². The number of alkyl halides is 4. The third kappa shape index (κ3) is 5.62. The predicted molar refractivity (Wildman–Crippen MR) is 172 cm³/mol. The summed E-state index contributed by atoms with van der Waals surface area (Å²) in [6.07, 6.45) is 0.402. The molecule has 3 aliphatic heterocycles. The molecule has 0 radical (unpaired) electrons. The van der Waals surface area contributed by atoms with E-state index >= 15 is 4.39 Å². The third-order valence-corrected chi connectivity index (χ3v) is 9.70. The minimum absolute atomic E-state index is 0.00512. The molecule has 262 valence electrons. The number of terminal acetylenes is 1. The monoisotopic (exact) mass is 699 g/mol. The smallest absolute Gasteiger partial charge is 0.471 e. The second kappa shape index (κ2) is 12.4. The van der Waals surface area contributed by atoms with Crippen molar-refractivity contribution in [3.05, 3.63) is 41.5 Å². The van der Waals surface area contributed by atoms with Gasteiger partial charge in [0.05, 0.1) is 24.8 Å². The first-order valence-corrected chi connectivity index (χ1v) is 15.8. The molecule has 3 saturated heterocycles. The molecule has 2 N–H and O–H groups in total. The first-order valence-electron chi connectivity index (χ1n) is 15.8. The number of carbonyl (C=O) groups excluding carboxylic acids is 1. The lowest BCUT2D eigenvalue weighted by atomic mass is 9.95. The molecule has 0 spiro atoms. The number of halogens is 6. The van der Waals surface area contributed by atoms with Gasteiger partial charge < -0.3 is 25.0 Å². The Kier molecular flexibility index (Phi) is 8.28.